The molecule has 5 aromatic rings. The SMILES string of the molecule is CNCC1(C)CCC(c2ccc(Cl)cc2)=C(CN2CCN(c3ccc(C(=O)NS(=O)(=O)c4ccc(NCCCN5CCOCC5)c(SC(F)(F)F)c4)c(Oc4cnc5[nH]ccc5c4)c3)CC2)C1. The van der Waals surface area contributed by atoms with Gasteiger partial charge in [-0.2, -0.15) is 13.2 Å². The molecule has 2 saturated heterocycles. The minimum absolute atomic E-state index is 0.0815. The van der Waals surface area contributed by atoms with Gasteiger partial charge in [0.05, 0.1) is 29.9 Å². The van der Waals surface area contributed by atoms with E-state index in [-0.39, 0.29) is 27.3 Å². The van der Waals surface area contributed by atoms with E-state index in [0.29, 0.717) is 55.7 Å². The maximum Gasteiger partial charge on any atom is 0.446 e. The number of fused-ring (bicyclic) bond motifs is 1. The third-order valence-electron chi connectivity index (χ3n) is 12.6. The lowest BCUT2D eigenvalue weighted by Gasteiger charge is -2.41. The number of benzene rings is 3. The zero-order chi connectivity index (χ0) is 47.2. The van der Waals surface area contributed by atoms with E-state index in [1.54, 1.807) is 24.4 Å². The first-order valence-electron chi connectivity index (χ1n) is 22.5. The number of anilines is 2. The van der Waals surface area contributed by atoms with Gasteiger partial charge in [0.2, 0.25) is 0 Å². The first kappa shape index (κ1) is 48.6. The smallest absolute Gasteiger partial charge is 0.446 e. The Morgan fingerprint density at radius 2 is 1.76 bits per heavy atom. The molecule has 4 N–H and O–H groups in total. The normalized spacial score (nSPS) is 18.9. The zero-order valence-corrected chi connectivity index (χ0v) is 39.9. The van der Waals surface area contributed by atoms with E-state index in [0.717, 1.165) is 82.2 Å². The lowest BCUT2D eigenvalue weighted by molar-refractivity contribution is -0.0328. The van der Waals surface area contributed by atoms with Gasteiger partial charge in [0.15, 0.2) is 0 Å². The molecular weight excluding hydrogens is 925 g/mol. The molecule has 1 atom stereocenters. The average Bonchev–Trinajstić information content (AvgIpc) is 3.77. The molecular formula is C48H56ClF3N8O5S2. The fraction of sp³-hybridized carbons (Fsp3) is 0.417. The number of aromatic amines is 1. The molecule has 0 spiro atoms. The Balaban J connectivity index is 0.994. The lowest BCUT2D eigenvalue weighted by atomic mass is 9.71. The van der Waals surface area contributed by atoms with Crippen LogP contribution in [0, 0.1) is 5.41 Å². The van der Waals surface area contributed by atoms with Gasteiger partial charge in [0.25, 0.3) is 15.9 Å². The predicted molar refractivity (Wildman–Crippen MR) is 259 cm³/mol. The van der Waals surface area contributed by atoms with Gasteiger partial charge in [-0.15, -0.1) is 0 Å². The Morgan fingerprint density at radius 1 is 0.985 bits per heavy atom. The van der Waals surface area contributed by atoms with Gasteiger partial charge in [0, 0.05) is 97.8 Å². The van der Waals surface area contributed by atoms with E-state index >= 15 is 0 Å². The van der Waals surface area contributed by atoms with Crippen LogP contribution in [0.1, 0.15) is 48.5 Å². The molecule has 3 aliphatic rings. The molecule has 0 radical (unpaired) electrons. The summed E-state index contributed by atoms with van der Waals surface area (Å²) in [5, 5.41) is 7.90. The number of alkyl halides is 3. The summed E-state index contributed by atoms with van der Waals surface area (Å²) in [6.45, 7) is 11.0. The summed E-state index contributed by atoms with van der Waals surface area (Å²) in [7, 11) is -2.66. The number of nitrogens with one attached hydrogen (secondary N) is 4. The van der Waals surface area contributed by atoms with E-state index in [1.165, 1.54) is 41.1 Å². The number of allylic oxidation sites excluding steroid dienone is 1. The summed E-state index contributed by atoms with van der Waals surface area (Å²) < 4.78 is 82.7. The van der Waals surface area contributed by atoms with Crippen molar-refractivity contribution in [2.75, 3.05) is 95.9 Å². The Morgan fingerprint density at radius 3 is 2.51 bits per heavy atom. The number of piperazine rings is 1. The Hall–Kier alpha value is -4.82. The molecule has 13 nitrogen and oxygen atoms in total. The van der Waals surface area contributed by atoms with Crippen molar-refractivity contribution < 1.29 is 35.9 Å². The van der Waals surface area contributed by atoms with Gasteiger partial charge >= 0.3 is 5.51 Å². The van der Waals surface area contributed by atoms with Crippen LogP contribution in [0.4, 0.5) is 24.5 Å². The molecule has 1 unspecified atom stereocenters. The molecule has 2 aromatic heterocycles. The summed E-state index contributed by atoms with van der Waals surface area (Å²) in [4.78, 5) is 27.5. The number of hydrogen-bond donors (Lipinski definition) is 4. The van der Waals surface area contributed by atoms with Crippen molar-refractivity contribution in [3.63, 3.8) is 0 Å². The molecule has 0 bridgehead atoms. The number of pyridine rings is 1. The fourth-order valence-corrected chi connectivity index (χ4v) is 11.0. The van der Waals surface area contributed by atoms with Gasteiger partial charge in [-0.25, -0.2) is 18.1 Å². The summed E-state index contributed by atoms with van der Waals surface area (Å²) in [5.74, 6) is -0.617. The molecule has 3 aromatic carbocycles. The zero-order valence-electron chi connectivity index (χ0n) is 37.6. The van der Waals surface area contributed by atoms with Gasteiger partial charge in [0.1, 0.15) is 17.1 Å². The summed E-state index contributed by atoms with van der Waals surface area (Å²) in [6, 6.07) is 20.1. The van der Waals surface area contributed by atoms with Crippen molar-refractivity contribution >= 4 is 67.3 Å². The highest BCUT2D eigenvalue weighted by molar-refractivity contribution is 8.00. The molecule has 2 aliphatic heterocycles. The van der Waals surface area contributed by atoms with Crippen LogP contribution < -0.4 is 25.0 Å². The lowest BCUT2D eigenvalue weighted by Crippen LogP contribution is -2.47. The number of amides is 1. The standard InChI is InChI=1S/C48H56ClF3N8O5S2/c1-47(32-53-2)14-12-40(33-4-6-36(49)7-5-33)35(29-47)31-59-18-20-60(21-19-59)37-8-10-41(43(27-37)65-38-26-34-13-16-55-45(34)56-30-38)46(61)57-67(62,63)39-9-11-42(44(28-39)66-48(50,51)52)54-15-3-17-58-22-24-64-25-23-58/h4-11,13,16,26-28,30,53-54H,3,12,14-15,17-25,29,31-32H2,1-2H3,(H,55,56)(H,57,61). The topological polar surface area (TPSA) is 144 Å². The average molecular weight is 982 g/mol. The van der Waals surface area contributed by atoms with Crippen LogP contribution >= 0.6 is 23.4 Å². The highest BCUT2D eigenvalue weighted by Crippen LogP contribution is 2.44. The van der Waals surface area contributed by atoms with Crippen LogP contribution in [-0.2, 0) is 14.8 Å². The molecule has 0 saturated carbocycles. The third-order valence-corrected chi connectivity index (χ3v) is 15.0. The number of nitrogens with zero attached hydrogens (tertiary/aromatic N) is 4. The van der Waals surface area contributed by atoms with Crippen molar-refractivity contribution in [3.8, 4) is 11.5 Å². The quantitative estimate of drug-likeness (QED) is 0.0522. The molecule has 1 amide bonds. The van der Waals surface area contributed by atoms with Gasteiger partial charge < -0.3 is 30.0 Å². The van der Waals surface area contributed by atoms with Crippen molar-refractivity contribution in [3.05, 3.63) is 107 Å². The van der Waals surface area contributed by atoms with E-state index in [2.05, 4.69) is 59.1 Å². The van der Waals surface area contributed by atoms with Crippen molar-refractivity contribution in [1.82, 2.24) is 29.8 Å². The first-order chi connectivity index (χ1) is 32.1. The largest absolute Gasteiger partial charge is 0.455 e. The fourth-order valence-electron chi connectivity index (χ4n) is 9.17. The molecule has 4 heterocycles. The number of morpholine rings is 1. The number of rotatable bonds is 17. The van der Waals surface area contributed by atoms with Crippen molar-refractivity contribution in [2.24, 2.45) is 5.41 Å². The number of ether oxygens (including phenoxy) is 2. The summed E-state index contributed by atoms with van der Waals surface area (Å²) in [5.41, 5.74) is 0.933. The number of carbonyl (C=O) groups is 1. The van der Waals surface area contributed by atoms with Crippen molar-refractivity contribution in [1.29, 1.82) is 0 Å². The molecule has 1 aliphatic carbocycles. The van der Waals surface area contributed by atoms with Crippen LogP contribution in [0.25, 0.3) is 16.6 Å². The molecule has 8 rings (SSSR count). The molecule has 2 fully saturated rings. The van der Waals surface area contributed by atoms with E-state index in [1.807, 2.05) is 25.2 Å². The Bertz CT molecular complexity index is 2670. The van der Waals surface area contributed by atoms with Crippen LogP contribution in [-0.4, -0.2) is 125 Å². The highest BCUT2D eigenvalue weighted by atomic mass is 35.5. The third kappa shape index (κ3) is 12.6. The van der Waals surface area contributed by atoms with Crippen LogP contribution in [0.3, 0.4) is 0 Å². The van der Waals surface area contributed by atoms with E-state index < -0.39 is 38.1 Å². The number of carbonyl (C=O) groups excluding carboxylic acids is 1. The number of thioether (sulfide) groups is 1. The maximum atomic E-state index is 14.0. The second-order valence-electron chi connectivity index (χ2n) is 17.6. The highest BCUT2D eigenvalue weighted by Gasteiger charge is 2.34. The minimum Gasteiger partial charge on any atom is -0.455 e. The number of aromatic nitrogens is 2. The van der Waals surface area contributed by atoms with E-state index in [4.69, 9.17) is 21.1 Å². The molecule has 19 heteroatoms. The van der Waals surface area contributed by atoms with Crippen LogP contribution in [0.15, 0.2) is 101 Å². The monoisotopic (exact) mass is 980 g/mol. The second-order valence-corrected chi connectivity index (χ2v) is 20.8. The first-order valence-corrected chi connectivity index (χ1v) is 25.2. The predicted octanol–water partition coefficient (Wildman–Crippen LogP) is 8.86. The van der Waals surface area contributed by atoms with Gasteiger partial charge in [-0.3, -0.25) is 14.6 Å². The van der Waals surface area contributed by atoms with Gasteiger partial charge in [-0.1, -0.05) is 36.2 Å². The number of halogens is 4. The number of H-pyrrole nitrogens is 1. The summed E-state index contributed by atoms with van der Waals surface area (Å²) >= 11 is 5.84. The molecule has 358 valence electrons. The molecule has 67 heavy (non-hydrogen) atoms. The van der Waals surface area contributed by atoms with Crippen LogP contribution in [0.5, 0.6) is 11.5 Å². The Labute approximate surface area is 398 Å². The van der Waals surface area contributed by atoms with Crippen LogP contribution in [0.2, 0.25) is 5.02 Å². The van der Waals surface area contributed by atoms with Gasteiger partial charge in [-0.05, 0) is 122 Å². The number of hydrogen-bond acceptors (Lipinski definition) is 12. The van der Waals surface area contributed by atoms with E-state index in [9.17, 15) is 26.4 Å². The Kier molecular flexibility index (Phi) is 15.4. The van der Waals surface area contributed by atoms with Crippen molar-refractivity contribution in [2.45, 2.75) is 47.9 Å². The second kappa shape index (κ2) is 21.2. The number of sulfonamides is 1. The summed E-state index contributed by atoms with van der Waals surface area (Å²) in [6.07, 6.45) is 6.96. The minimum atomic E-state index is -4.70. The maximum absolute atomic E-state index is 14.0.